The van der Waals surface area contributed by atoms with Crippen molar-refractivity contribution in [1.29, 1.82) is 0 Å². The lowest BCUT2D eigenvalue weighted by Gasteiger charge is -2.25. The Morgan fingerprint density at radius 2 is 1.75 bits per heavy atom. The zero-order valence-corrected chi connectivity index (χ0v) is 18.5. The van der Waals surface area contributed by atoms with Crippen LogP contribution in [-0.2, 0) is 14.4 Å². The number of likely N-dealkylation sites (tertiary alicyclic amines) is 1. The van der Waals surface area contributed by atoms with E-state index in [0.29, 0.717) is 42.2 Å². The fraction of sp³-hybridized carbons (Fsp3) is 0.320. The lowest BCUT2D eigenvalue weighted by molar-refractivity contribution is -0.139. The fourth-order valence-electron chi connectivity index (χ4n) is 3.69. The second kappa shape index (κ2) is 10.1. The van der Waals surface area contributed by atoms with Crippen molar-refractivity contribution < 1.29 is 29.0 Å². The molecule has 1 saturated heterocycles. The van der Waals surface area contributed by atoms with Crippen LogP contribution in [0, 0.1) is 0 Å². The minimum Gasteiger partial charge on any atom is -0.507 e. The number of esters is 1. The van der Waals surface area contributed by atoms with E-state index in [1.807, 2.05) is 13.8 Å². The van der Waals surface area contributed by atoms with Gasteiger partial charge in [0.15, 0.2) is 0 Å². The lowest BCUT2D eigenvalue weighted by atomic mass is 9.95. The van der Waals surface area contributed by atoms with Gasteiger partial charge in [-0.3, -0.25) is 14.4 Å². The predicted molar refractivity (Wildman–Crippen MR) is 119 cm³/mol. The Kier molecular flexibility index (Phi) is 7.30. The van der Waals surface area contributed by atoms with Crippen LogP contribution in [0.5, 0.6) is 11.5 Å². The number of benzene rings is 2. The Hall–Kier alpha value is -3.61. The van der Waals surface area contributed by atoms with Crippen molar-refractivity contribution in [1.82, 2.24) is 4.90 Å². The number of amides is 1. The van der Waals surface area contributed by atoms with Crippen molar-refractivity contribution in [3.8, 4) is 11.5 Å². The van der Waals surface area contributed by atoms with Gasteiger partial charge in [0.05, 0.1) is 18.2 Å². The van der Waals surface area contributed by atoms with Crippen molar-refractivity contribution in [2.24, 2.45) is 0 Å². The molecule has 1 aliphatic heterocycles. The van der Waals surface area contributed by atoms with E-state index in [1.165, 1.54) is 11.8 Å². The summed E-state index contributed by atoms with van der Waals surface area (Å²) in [7, 11) is 0. The summed E-state index contributed by atoms with van der Waals surface area (Å²) in [6.45, 7) is 6.10. The van der Waals surface area contributed by atoms with Gasteiger partial charge in [0.25, 0.3) is 11.7 Å². The molecule has 0 radical (unpaired) electrons. The molecule has 1 N–H and O–H groups in total. The molecule has 0 spiro atoms. The molecule has 0 aliphatic carbocycles. The minimum atomic E-state index is -0.749. The average molecular weight is 437 g/mol. The van der Waals surface area contributed by atoms with Gasteiger partial charge in [0.1, 0.15) is 17.3 Å². The first-order valence-corrected chi connectivity index (χ1v) is 10.7. The number of hydrogen-bond acceptors (Lipinski definition) is 6. The summed E-state index contributed by atoms with van der Waals surface area (Å²) in [5.41, 5.74) is 1.06. The van der Waals surface area contributed by atoms with Crippen molar-refractivity contribution in [2.75, 3.05) is 13.2 Å². The zero-order chi connectivity index (χ0) is 23.3. The standard InChI is InChI=1S/C25H27NO6/c1-4-13-26-22(17-9-11-19(12-10-17)32-16(3)27)21(24(29)25(26)30)23(28)18-7-6-8-20(15-18)31-14-5-2/h6-12,15,22,28H,4-5,13-14H2,1-3H3/b23-21-. The van der Waals surface area contributed by atoms with E-state index in [4.69, 9.17) is 9.47 Å². The van der Waals surface area contributed by atoms with Crippen LogP contribution >= 0.6 is 0 Å². The van der Waals surface area contributed by atoms with Crippen molar-refractivity contribution in [3.05, 3.63) is 65.2 Å². The summed E-state index contributed by atoms with van der Waals surface area (Å²) in [6, 6.07) is 12.6. The van der Waals surface area contributed by atoms with E-state index < -0.39 is 23.7 Å². The highest BCUT2D eigenvalue weighted by atomic mass is 16.5. The smallest absolute Gasteiger partial charge is 0.308 e. The van der Waals surface area contributed by atoms with E-state index in [0.717, 1.165) is 6.42 Å². The molecule has 0 aromatic heterocycles. The molecule has 2 aromatic rings. The van der Waals surface area contributed by atoms with Crippen LogP contribution in [0.2, 0.25) is 0 Å². The average Bonchev–Trinajstić information content (AvgIpc) is 3.03. The number of rotatable bonds is 8. The third-order valence-corrected chi connectivity index (χ3v) is 5.04. The van der Waals surface area contributed by atoms with E-state index in [2.05, 4.69) is 0 Å². The molecule has 2 aromatic carbocycles. The SMILES string of the molecule is CCCOc1cccc(/C(O)=C2/C(=O)C(=O)N(CCC)C2c2ccc(OC(C)=O)cc2)c1. The van der Waals surface area contributed by atoms with Crippen molar-refractivity contribution in [3.63, 3.8) is 0 Å². The maximum atomic E-state index is 12.9. The maximum Gasteiger partial charge on any atom is 0.308 e. The van der Waals surface area contributed by atoms with Crippen LogP contribution in [0.15, 0.2) is 54.1 Å². The molecule has 7 nitrogen and oxygen atoms in total. The van der Waals surface area contributed by atoms with E-state index in [1.54, 1.807) is 48.5 Å². The molecule has 168 valence electrons. The second-order valence-electron chi connectivity index (χ2n) is 7.53. The molecule has 1 heterocycles. The largest absolute Gasteiger partial charge is 0.507 e. The summed E-state index contributed by atoms with van der Waals surface area (Å²) in [4.78, 5) is 38.4. The fourth-order valence-corrected chi connectivity index (χ4v) is 3.69. The van der Waals surface area contributed by atoms with Crippen LogP contribution in [0.25, 0.3) is 5.76 Å². The summed E-state index contributed by atoms with van der Waals surface area (Å²) in [5, 5.41) is 11.1. The van der Waals surface area contributed by atoms with Crippen LogP contribution in [0.3, 0.4) is 0 Å². The second-order valence-corrected chi connectivity index (χ2v) is 7.53. The number of nitrogens with zero attached hydrogens (tertiary/aromatic N) is 1. The third kappa shape index (κ3) is 4.82. The van der Waals surface area contributed by atoms with Gasteiger partial charge in [-0.25, -0.2) is 0 Å². The number of aliphatic hydroxyl groups excluding tert-OH is 1. The van der Waals surface area contributed by atoms with Gasteiger partial charge in [-0.15, -0.1) is 0 Å². The Labute approximate surface area is 187 Å². The highest BCUT2D eigenvalue weighted by Crippen LogP contribution is 2.40. The number of ketones is 1. The van der Waals surface area contributed by atoms with E-state index in [-0.39, 0.29) is 11.3 Å². The maximum absolute atomic E-state index is 12.9. The highest BCUT2D eigenvalue weighted by Gasteiger charge is 2.45. The summed E-state index contributed by atoms with van der Waals surface area (Å²) < 4.78 is 10.7. The first kappa shape index (κ1) is 23.1. The monoisotopic (exact) mass is 437 g/mol. The Morgan fingerprint density at radius 1 is 1.03 bits per heavy atom. The number of Topliss-reactive ketones (excluding diaryl/α,β-unsaturated/α-hetero) is 1. The Balaban J connectivity index is 2.07. The highest BCUT2D eigenvalue weighted by molar-refractivity contribution is 6.46. The number of carbonyl (C=O) groups excluding carboxylic acids is 3. The van der Waals surface area contributed by atoms with Crippen molar-refractivity contribution in [2.45, 2.75) is 39.7 Å². The summed E-state index contributed by atoms with van der Waals surface area (Å²) >= 11 is 0. The molecule has 1 unspecified atom stereocenters. The minimum absolute atomic E-state index is 0.0244. The van der Waals surface area contributed by atoms with Gasteiger partial charge in [0.2, 0.25) is 0 Å². The van der Waals surface area contributed by atoms with Gasteiger partial charge < -0.3 is 19.5 Å². The normalized spacial score (nSPS) is 17.5. The first-order chi connectivity index (χ1) is 15.4. The van der Waals surface area contributed by atoms with Crippen LogP contribution in [-0.4, -0.2) is 40.8 Å². The Bertz CT molecular complexity index is 1040. The Morgan fingerprint density at radius 3 is 2.38 bits per heavy atom. The molecule has 32 heavy (non-hydrogen) atoms. The quantitative estimate of drug-likeness (QED) is 0.218. The predicted octanol–water partition coefficient (Wildman–Crippen LogP) is 4.23. The molecule has 7 heteroatoms. The lowest BCUT2D eigenvalue weighted by Crippen LogP contribution is -2.30. The van der Waals surface area contributed by atoms with E-state index in [9.17, 15) is 19.5 Å². The third-order valence-electron chi connectivity index (χ3n) is 5.04. The number of ether oxygens (including phenoxy) is 2. The molecule has 1 atom stereocenters. The molecule has 1 fully saturated rings. The van der Waals surface area contributed by atoms with Gasteiger partial charge in [0, 0.05) is 19.0 Å². The summed E-state index contributed by atoms with van der Waals surface area (Å²) in [6.07, 6.45) is 1.48. The molecule has 0 bridgehead atoms. The van der Waals surface area contributed by atoms with Gasteiger partial charge in [-0.2, -0.15) is 0 Å². The molecule has 1 aliphatic rings. The first-order valence-electron chi connectivity index (χ1n) is 10.7. The number of aliphatic hydroxyl groups is 1. The number of carbonyl (C=O) groups is 3. The molecule has 0 saturated carbocycles. The van der Waals surface area contributed by atoms with Gasteiger partial charge in [-0.1, -0.05) is 38.1 Å². The van der Waals surface area contributed by atoms with Crippen LogP contribution in [0.4, 0.5) is 0 Å². The van der Waals surface area contributed by atoms with Gasteiger partial charge in [-0.05, 0) is 42.7 Å². The van der Waals surface area contributed by atoms with E-state index >= 15 is 0 Å². The molecular formula is C25H27NO6. The molecule has 1 amide bonds. The van der Waals surface area contributed by atoms with Crippen LogP contribution in [0.1, 0.15) is 50.8 Å². The summed E-state index contributed by atoms with van der Waals surface area (Å²) in [5.74, 6) is -1.15. The number of hydrogen-bond donors (Lipinski definition) is 1. The van der Waals surface area contributed by atoms with Crippen molar-refractivity contribution >= 4 is 23.4 Å². The zero-order valence-electron chi connectivity index (χ0n) is 18.5. The molecule has 3 rings (SSSR count). The topological polar surface area (TPSA) is 93.1 Å². The van der Waals surface area contributed by atoms with Crippen LogP contribution < -0.4 is 9.47 Å². The molecular weight excluding hydrogens is 410 g/mol. The van der Waals surface area contributed by atoms with Gasteiger partial charge >= 0.3 is 5.97 Å².